The van der Waals surface area contributed by atoms with E-state index in [9.17, 15) is 20.2 Å². The maximum atomic E-state index is 11.0. The minimum Gasteiger partial charge on any atom is -0.465 e. The van der Waals surface area contributed by atoms with E-state index in [0.717, 1.165) is 17.6 Å². The molecular weight excluding hydrogens is 278 g/mol. The average molecular weight is 291 g/mol. The van der Waals surface area contributed by atoms with E-state index in [-0.39, 0.29) is 17.9 Å². The third-order valence-corrected chi connectivity index (χ3v) is 2.89. The standard InChI is InChI=1S/C13H13N3O5/c1-9-2-5-12(21-9)8-14-7-10-3-4-11(15(17)18)6-13(10)16(19)20/h2-6,14H,7-8H2,1H3. The normalized spacial score (nSPS) is 10.5. The number of nitrogens with one attached hydrogen (secondary N) is 1. The highest BCUT2D eigenvalue weighted by atomic mass is 16.6. The summed E-state index contributed by atoms with van der Waals surface area (Å²) in [5, 5.41) is 24.6. The molecule has 1 heterocycles. The minimum atomic E-state index is -0.657. The first-order valence-corrected chi connectivity index (χ1v) is 6.15. The first-order chi connectivity index (χ1) is 9.97. The Morgan fingerprint density at radius 3 is 2.43 bits per heavy atom. The molecule has 1 aromatic carbocycles. The van der Waals surface area contributed by atoms with Gasteiger partial charge in [0.15, 0.2) is 0 Å². The van der Waals surface area contributed by atoms with Crippen molar-refractivity contribution < 1.29 is 14.3 Å². The molecule has 8 nitrogen and oxygen atoms in total. The number of non-ortho nitro benzene ring substituents is 1. The number of rotatable bonds is 6. The molecule has 0 saturated carbocycles. The van der Waals surface area contributed by atoms with Crippen molar-refractivity contribution in [1.82, 2.24) is 5.32 Å². The van der Waals surface area contributed by atoms with E-state index < -0.39 is 9.85 Å². The third kappa shape index (κ3) is 3.63. The van der Waals surface area contributed by atoms with Gasteiger partial charge in [0.2, 0.25) is 0 Å². The van der Waals surface area contributed by atoms with Crippen LogP contribution in [0.2, 0.25) is 0 Å². The van der Waals surface area contributed by atoms with Crippen LogP contribution in [0.4, 0.5) is 11.4 Å². The van der Waals surface area contributed by atoms with E-state index in [1.54, 1.807) is 0 Å². The predicted molar refractivity (Wildman–Crippen MR) is 73.7 cm³/mol. The van der Waals surface area contributed by atoms with E-state index in [2.05, 4.69) is 5.32 Å². The Labute approximate surface area is 119 Å². The first-order valence-electron chi connectivity index (χ1n) is 6.15. The number of furan rings is 1. The summed E-state index contributed by atoms with van der Waals surface area (Å²) in [6, 6.07) is 7.24. The van der Waals surface area contributed by atoms with E-state index in [4.69, 9.17) is 4.42 Å². The number of nitrogens with zero attached hydrogens (tertiary/aromatic N) is 2. The maximum Gasteiger partial charge on any atom is 0.280 e. The van der Waals surface area contributed by atoms with Gasteiger partial charge in [0.25, 0.3) is 11.4 Å². The molecule has 0 atom stereocenters. The molecule has 8 heteroatoms. The molecule has 0 fully saturated rings. The van der Waals surface area contributed by atoms with Crippen molar-refractivity contribution in [1.29, 1.82) is 0 Å². The molecule has 0 aliphatic carbocycles. The number of hydrogen-bond donors (Lipinski definition) is 1. The Morgan fingerprint density at radius 2 is 1.86 bits per heavy atom. The van der Waals surface area contributed by atoms with E-state index in [1.807, 2.05) is 19.1 Å². The van der Waals surface area contributed by atoms with Gasteiger partial charge in [0, 0.05) is 18.2 Å². The van der Waals surface area contributed by atoms with Gasteiger partial charge in [-0.1, -0.05) is 0 Å². The van der Waals surface area contributed by atoms with Gasteiger partial charge in [-0.05, 0) is 25.1 Å². The Kier molecular flexibility index (Phi) is 4.29. The summed E-state index contributed by atoms with van der Waals surface area (Å²) >= 11 is 0. The average Bonchev–Trinajstić information content (AvgIpc) is 2.84. The quantitative estimate of drug-likeness (QED) is 0.647. The van der Waals surface area contributed by atoms with Gasteiger partial charge in [0.1, 0.15) is 11.5 Å². The number of hydrogen-bond acceptors (Lipinski definition) is 6. The van der Waals surface area contributed by atoms with Crippen molar-refractivity contribution in [3.05, 3.63) is 67.6 Å². The lowest BCUT2D eigenvalue weighted by Crippen LogP contribution is -2.13. The highest BCUT2D eigenvalue weighted by molar-refractivity contribution is 5.49. The van der Waals surface area contributed by atoms with Gasteiger partial charge in [-0.15, -0.1) is 0 Å². The molecule has 1 aromatic heterocycles. The molecule has 0 aliphatic rings. The van der Waals surface area contributed by atoms with Crippen LogP contribution in [-0.2, 0) is 13.1 Å². The fourth-order valence-corrected chi connectivity index (χ4v) is 1.89. The summed E-state index contributed by atoms with van der Waals surface area (Å²) in [7, 11) is 0. The smallest absolute Gasteiger partial charge is 0.280 e. The molecule has 0 aliphatic heterocycles. The molecule has 2 aromatic rings. The minimum absolute atomic E-state index is 0.216. The van der Waals surface area contributed by atoms with Gasteiger partial charge < -0.3 is 9.73 Å². The van der Waals surface area contributed by atoms with Crippen LogP contribution in [0, 0.1) is 27.2 Å². The lowest BCUT2D eigenvalue weighted by Gasteiger charge is -2.04. The van der Waals surface area contributed by atoms with Crippen molar-refractivity contribution in [2.75, 3.05) is 0 Å². The summed E-state index contributed by atoms with van der Waals surface area (Å²) in [4.78, 5) is 20.3. The lowest BCUT2D eigenvalue weighted by molar-refractivity contribution is -0.394. The second kappa shape index (κ2) is 6.14. The Hall–Kier alpha value is -2.74. The molecule has 0 radical (unpaired) electrons. The van der Waals surface area contributed by atoms with Crippen molar-refractivity contribution in [3.8, 4) is 0 Å². The number of benzene rings is 1. The van der Waals surface area contributed by atoms with Gasteiger partial charge in [0.05, 0.1) is 22.5 Å². The number of nitro benzene ring substituents is 2. The second-order valence-corrected chi connectivity index (χ2v) is 4.44. The van der Waals surface area contributed by atoms with Crippen LogP contribution in [-0.4, -0.2) is 9.85 Å². The summed E-state index contributed by atoms with van der Waals surface area (Å²) in [5.41, 5.74) is -0.187. The molecule has 0 spiro atoms. The first kappa shape index (κ1) is 14.7. The highest BCUT2D eigenvalue weighted by Crippen LogP contribution is 2.24. The molecular formula is C13H13N3O5. The fraction of sp³-hybridized carbons (Fsp3) is 0.231. The van der Waals surface area contributed by atoms with Gasteiger partial charge in [-0.25, -0.2) is 0 Å². The van der Waals surface area contributed by atoms with Gasteiger partial charge in [-0.2, -0.15) is 0 Å². The molecule has 2 rings (SSSR count). The summed E-state index contributed by atoms with van der Waals surface area (Å²) in [6.45, 7) is 2.46. The van der Waals surface area contributed by atoms with Crippen LogP contribution in [0.1, 0.15) is 17.1 Å². The molecule has 0 unspecified atom stereocenters. The molecule has 0 saturated heterocycles. The van der Waals surface area contributed by atoms with E-state index in [0.29, 0.717) is 12.1 Å². The largest absolute Gasteiger partial charge is 0.465 e. The lowest BCUT2D eigenvalue weighted by atomic mass is 10.1. The SMILES string of the molecule is Cc1ccc(CNCc2ccc([N+](=O)[O-])cc2[N+](=O)[O-])o1. The summed E-state index contributed by atoms with van der Waals surface area (Å²) < 4.78 is 5.36. The zero-order valence-electron chi connectivity index (χ0n) is 11.2. The molecule has 1 N–H and O–H groups in total. The van der Waals surface area contributed by atoms with Crippen molar-refractivity contribution >= 4 is 11.4 Å². The van der Waals surface area contributed by atoms with Crippen LogP contribution in [0.15, 0.2) is 34.7 Å². The van der Waals surface area contributed by atoms with E-state index >= 15 is 0 Å². The van der Waals surface area contributed by atoms with Crippen LogP contribution in [0.5, 0.6) is 0 Å². The van der Waals surface area contributed by atoms with E-state index in [1.165, 1.54) is 12.1 Å². The van der Waals surface area contributed by atoms with Crippen molar-refractivity contribution in [2.24, 2.45) is 0 Å². The number of nitro groups is 2. The van der Waals surface area contributed by atoms with Crippen molar-refractivity contribution in [2.45, 2.75) is 20.0 Å². The Bertz CT molecular complexity index is 680. The van der Waals surface area contributed by atoms with Crippen LogP contribution >= 0.6 is 0 Å². The van der Waals surface area contributed by atoms with Crippen molar-refractivity contribution in [3.63, 3.8) is 0 Å². The topological polar surface area (TPSA) is 111 Å². The summed E-state index contributed by atoms with van der Waals surface area (Å²) in [6.07, 6.45) is 0. The number of aryl methyl sites for hydroxylation is 1. The maximum absolute atomic E-state index is 11.0. The molecule has 110 valence electrons. The second-order valence-electron chi connectivity index (χ2n) is 4.44. The predicted octanol–water partition coefficient (Wildman–Crippen LogP) is 2.69. The fourth-order valence-electron chi connectivity index (χ4n) is 1.89. The molecule has 0 bridgehead atoms. The molecule has 0 amide bonds. The van der Waals surface area contributed by atoms with Crippen LogP contribution < -0.4 is 5.32 Å². The van der Waals surface area contributed by atoms with Crippen LogP contribution in [0.25, 0.3) is 0 Å². The monoisotopic (exact) mass is 291 g/mol. The third-order valence-electron chi connectivity index (χ3n) is 2.89. The Balaban J connectivity index is 2.08. The highest BCUT2D eigenvalue weighted by Gasteiger charge is 2.18. The van der Waals surface area contributed by atoms with Gasteiger partial charge >= 0.3 is 0 Å². The van der Waals surface area contributed by atoms with Gasteiger partial charge in [-0.3, -0.25) is 20.2 Å². The Morgan fingerprint density at radius 1 is 1.10 bits per heavy atom. The zero-order valence-corrected chi connectivity index (χ0v) is 11.2. The summed E-state index contributed by atoms with van der Waals surface area (Å²) in [5.74, 6) is 1.50. The van der Waals surface area contributed by atoms with Crippen LogP contribution in [0.3, 0.4) is 0 Å². The zero-order chi connectivity index (χ0) is 15.4. The molecule has 21 heavy (non-hydrogen) atoms.